The van der Waals surface area contributed by atoms with E-state index < -0.39 is 0 Å². The van der Waals surface area contributed by atoms with Crippen molar-refractivity contribution in [3.63, 3.8) is 0 Å². The van der Waals surface area contributed by atoms with Crippen molar-refractivity contribution < 1.29 is 0 Å². The molecule has 0 unspecified atom stereocenters. The van der Waals surface area contributed by atoms with E-state index in [0.29, 0.717) is 11.8 Å². The minimum atomic E-state index is 0.0444. The highest BCUT2D eigenvalue weighted by atomic mass is 32.1. The number of thiophene rings is 2. The van der Waals surface area contributed by atoms with Gasteiger partial charge in [-0.15, -0.1) is 22.7 Å². The summed E-state index contributed by atoms with van der Waals surface area (Å²) >= 11 is 3.62. The third-order valence-electron chi connectivity index (χ3n) is 13.1. The molecule has 0 atom stereocenters. The molecule has 2 heteroatoms. The van der Waals surface area contributed by atoms with E-state index in [9.17, 15) is 0 Å². The van der Waals surface area contributed by atoms with Crippen molar-refractivity contribution >= 4 is 47.0 Å². The Bertz CT molecular complexity index is 2030. The first-order chi connectivity index (χ1) is 28.8. The zero-order chi connectivity index (χ0) is 41.5. The molecule has 0 saturated heterocycles. The van der Waals surface area contributed by atoms with E-state index in [-0.39, 0.29) is 5.41 Å². The van der Waals surface area contributed by atoms with Gasteiger partial charge in [0.15, 0.2) is 0 Å². The van der Waals surface area contributed by atoms with Gasteiger partial charge in [-0.1, -0.05) is 205 Å². The number of benzene rings is 3. The van der Waals surface area contributed by atoms with Crippen LogP contribution < -0.4 is 0 Å². The van der Waals surface area contributed by atoms with Crippen molar-refractivity contribution in [2.75, 3.05) is 0 Å². The summed E-state index contributed by atoms with van der Waals surface area (Å²) in [5.41, 5.74) is 14.4. The molecule has 0 aliphatic heterocycles. The smallest absolute Gasteiger partial charge is 0.0270 e. The zero-order valence-electron chi connectivity index (χ0n) is 37.6. The van der Waals surface area contributed by atoms with Gasteiger partial charge in [-0.25, -0.2) is 0 Å². The molecule has 0 nitrogen and oxygen atoms in total. The lowest BCUT2D eigenvalue weighted by Gasteiger charge is -2.34. The second kappa shape index (κ2) is 22.9. The lowest BCUT2D eigenvalue weighted by molar-refractivity contribution is 0.397. The van der Waals surface area contributed by atoms with E-state index in [4.69, 9.17) is 0 Å². The molecular weight excluding hydrogens is 749 g/mol. The predicted molar refractivity (Wildman–Crippen MR) is 267 cm³/mol. The van der Waals surface area contributed by atoms with Crippen molar-refractivity contribution in [2.45, 2.75) is 174 Å². The number of hydrogen-bond donors (Lipinski definition) is 0. The first-order valence-corrected chi connectivity index (χ1v) is 25.5. The van der Waals surface area contributed by atoms with Crippen LogP contribution in [0, 0.1) is 0 Å². The average molecular weight is 823 g/mol. The largest absolute Gasteiger partial charge is 0.144 e. The summed E-state index contributed by atoms with van der Waals surface area (Å²) in [4.78, 5) is 2.59. The molecule has 0 N–H and O–H groups in total. The fourth-order valence-corrected chi connectivity index (χ4v) is 10.9. The van der Waals surface area contributed by atoms with Crippen LogP contribution in [0.15, 0.2) is 83.6 Å². The van der Waals surface area contributed by atoms with Gasteiger partial charge in [-0.2, -0.15) is 0 Å². The molecule has 6 rings (SSSR count). The van der Waals surface area contributed by atoms with Crippen LogP contribution in [0.25, 0.3) is 46.6 Å². The van der Waals surface area contributed by atoms with Crippen LogP contribution in [-0.2, 0) is 5.41 Å². The van der Waals surface area contributed by atoms with Gasteiger partial charge in [0, 0.05) is 15.2 Å². The van der Waals surface area contributed by atoms with Crippen molar-refractivity contribution in [1.29, 1.82) is 0 Å². The summed E-state index contributed by atoms with van der Waals surface area (Å²) in [5.74, 6) is 0.929. The second-order valence-electron chi connectivity index (χ2n) is 18.2. The lowest BCUT2D eigenvalue weighted by atomic mass is 9.69. The van der Waals surface area contributed by atoms with Crippen molar-refractivity contribution in [2.24, 2.45) is 0 Å². The highest BCUT2D eigenvalue weighted by molar-refractivity contribution is 7.11. The molecule has 59 heavy (non-hydrogen) atoms. The average Bonchev–Trinajstić information content (AvgIpc) is 4.02. The number of hydrogen-bond acceptors (Lipinski definition) is 2. The summed E-state index contributed by atoms with van der Waals surface area (Å²) in [6.45, 7) is 14.1. The Morgan fingerprint density at radius 3 is 1.49 bits per heavy atom. The van der Waals surface area contributed by atoms with Crippen molar-refractivity contribution in [1.82, 2.24) is 0 Å². The molecule has 0 radical (unpaired) electrons. The van der Waals surface area contributed by atoms with Gasteiger partial charge in [-0.3, -0.25) is 0 Å². The molecule has 314 valence electrons. The normalized spacial score (nSPS) is 13.4. The molecule has 1 aliphatic rings. The van der Waals surface area contributed by atoms with E-state index >= 15 is 0 Å². The minimum Gasteiger partial charge on any atom is -0.144 e. The van der Waals surface area contributed by atoms with Gasteiger partial charge in [0.05, 0.1) is 0 Å². The van der Waals surface area contributed by atoms with Crippen molar-refractivity contribution in [3.05, 3.63) is 127 Å². The number of unbranched alkanes of at least 4 members (excludes halogenated alkanes) is 14. The standard InChI is InChI=1S/C57H74S2/c1-7-9-11-13-15-17-19-21-35-57(36-22-20-18-16-14-12-10-8-2)55-41-45(43(3)4)29-33-51(55)52-34-30-48(42-56(52)57)54-40-46(27-31-49-25-23-37-58-49)53(44(5)6)39-47(54)28-32-50-26-24-38-59-50/h23-34,37-44H,7-22,35-36H2,1-6H3/b31-27+,32-28+. The highest BCUT2D eigenvalue weighted by Crippen LogP contribution is 2.56. The summed E-state index contributed by atoms with van der Waals surface area (Å²) in [6, 6.07) is 28.9. The Kier molecular flexibility index (Phi) is 17.5. The van der Waals surface area contributed by atoms with E-state index in [0.717, 1.165) is 0 Å². The highest BCUT2D eigenvalue weighted by Gasteiger charge is 2.42. The summed E-state index contributed by atoms with van der Waals surface area (Å²) in [6.07, 6.45) is 33.7. The Morgan fingerprint density at radius 1 is 0.475 bits per heavy atom. The third kappa shape index (κ3) is 11.9. The Morgan fingerprint density at radius 2 is 0.983 bits per heavy atom. The maximum atomic E-state index is 2.67. The van der Waals surface area contributed by atoms with Gasteiger partial charge < -0.3 is 0 Å². The first kappa shape index (κ1) is 45.1. The summed E-state index contributed by atoms with van der Waals surface area (Å²) in [7, 11) is 0. The molecule has 2 heterocycles. The lowest BCUT2D eigenvalue weighted by Crippen LogP contribution is -2.26. The molecule has 0 fully saturated rings. The Balaban J connectivity index is 1.43. The monoisotopic (exact) mass is 823 g/mol. The Hall–Kier alpha value is -3.46. The van der Waals surface area contributed by atoms with Gasteiger partial charge in [0.2, 0.25) is 0 Å². The van der Waals surface area contributed by atoms with Crippen LogP contribution in [0.2, 0.25) is 0 Å². The fourth-order valence-electron chi connectivity index (χ4n) is 9.62. The summed E-state index contributed by atoms with van der Waals surface area (Å²) in [5, 5.41) is 4.35. The summed E-state index contributed by atoms with van der Waals surface area (Å²) < 4.78 is 0. The van der Waals surface area contributed by atoms with Crippen LogP contribution in [0.4, 0.5) is 0 Å². The Labute approximate surface area is 368 Å². The van der Waals surface area contributed by atoms with E-state index in [2.05, 4.69) is 149 Å². The molecule has 0 saturated carbocycles. The van der Waals surface area contributed by atoms with Crippen molar-refractivity contribution in [3.8, 4) is 22.3 Å². The van der Waals surface area contributed by atoms with E-state index in [1.807, 2.05) is 11.3 Å². The second-order valence-corrected chi connectivity index (χ2v) is 20.1. The van der Waals surface area contributed by atoms with Crippen LogP contribution in [-0.4, -0.2) is 0 Å². The molecule has 5 aromatic rings. The van der Waals surface area contributed by atoms with Crippen LogP contribution in [0.5, 0.6) is 0 Å². The SMILES string of the molecule is CCCCCCCCCCC1(CCCCCCCCCC)c2cc(-c3cc(/C=C/c4cccs4)c(C(C)C)cc3/C=C/c3cccs3)ccc2-c2ccc(C(C)C)cc21. The van der Waals surface area contributed by atoms with Crippen LogP contribution in [0.3, 0.4) is 0 Å². The minimum absolute atomic E-state index is 0.0444. The van der Waals surface area contributed by atoms with Gasteiger partial charge >= 0.3 is 0 Å². The maximum Gasteiger partial charge on any atom is 0.0270 e. The molecule has 1 aliphatic carbocycles. The topological polar surface area (TPSA) is 0 Å². The van der Waals surface area contributed by atoms with Crippen LogP contribution >= 0.6 is 22.7 Å². The number of fused-ring (bicyclic) bond motifs is 3. The fraction of sp³-hybridized carbons (Fsp3) is 0.474. The predicted octanol–water partition coefficient (Wildman–Crippen LogP) is 19.4. The molecule has 0 amide bonds. The van der Waals surface area contributed by atoms with Gasteiger partial charge in [0.25, 0.3) is 0 Å². The van der Waals surface area contributed by atoms with Crippen LogP contribution in [0.1, 0.15) is 212 Å². The number of rotatable bonds is 25. The van der Waals surface area contributed by atoms with E-state index in [1.165, 1.54) is 170 Å². The van der Waals surface area contributed by atoms with Gasteiger partial charge in [-0.05, 0) is 127 Å². The van der Waals surface area contributed by atoms with E-state index in [1.54, 1.807) is 22.5 Å². The quantitative estimate of drug-likeness (QED) is 0.0515. The maximum absolute atomic E-state index is 2.67. The first-order valence-electron chi connectivity index (χ1n) is 23.8. The molecule has 3 aromatic carbocycles. The molecule has 2 aromatic heterocycles. The molecule has 0 spiro atoms. The molecule has 0 bridgehead atoms. The third-order valence-corrected chi connectivity index (χ3v) is 14.8. The zero-order valence-corrected chi connectivity index (χ0v) is 39.2. The molecular formula is C57H74S2. The van der Waals surface area contributed by atoms with Gasteiger partial charge in [0.1, 0.15) is 0 Å².